The van der Waals surface area contributed by atoms with Crippen LogP contribution >= 0.6 is 0 Å². The molecule has 1 heterocycles. The smallest absolute Gasteiger partial charge is 0.314 e. The highest BCUT2D eigenvalue weighted by Gasteiger charge is 1.99. The van der Waals surface area contributed by atoms with Crippen LogP contribution in [0.2, 0.25) is 0 Å². The first-order valence-corrected chi connectivity index (χ1v) is 4.16. The molecule has 2 rings (SSSR count). The molecule has 0 fully saturated rings. The molecule has 14 heavy (non-hydrogen) atoms. The molecule has 0 radical (unpaired) electrons. The van der Waals surface area contributed by atoms with Crippen LogP contribution in [0, 0.1) is 0 Å². The van der Waals surface area contributed by atoms with Gasteiger partial charge in [0.05, 0.1) is 11.0 Å². The zero-order valence-corrected chi connectivity index (χ0v) is 7.33. The van der Waals surface area contributed by atoms with Gasteiger partial charge in [0.25, 0.3) is 0 Å². The second-order valence-corrected chi connectivity index (χ2v) is 2.99. The van der Waals surface area contributed by atoms with Crippen molar-refractivity contribution in [3.8, 4) is 0 Å². The summed E-state index contributed by atoms with van der Waals surface area (Å²) in [5, 5.41) is 0. The molecular formula is C9H9N3O2. The van der Waals surface area contributed by atoms with Crippen LogP contribution in [0.1, 0.15) is 5.56 Å². The number of nitrogens with two attached hydrogens (primary N) is 1. The molecule has 5 nitrogen and oxygen atoms in total. The Balaban J connectivity index is 2.83. The Bertz CT molecular complexity index is 582. The molecule has 0 aliphatic carbocycles. The molecule has 0 unspecified atom stereocenters. The van der Waals surface area contributed by atoms with Crippen LogP contribution in [-0.2, 0) is 6.54 Å². The summed E-state index contributed by atoms with van der Waals surface area (Å²) in [6, 6.07) is 5.26. The van der Waals surface area contributed by atoms with Crippen molar-refractivity contribution in [1.82, 2.24) is 9.97 Å². The van der Waals surface area contributed by atoms with Gasteiger partial charge >= 0.3 is 11.1 Å². The van der Waals surface area contributed by atoms with Gasteiger partial charge in [-0.1, -0.05) is 6.07 Å². The van der Waals surface area contributed by atoms with Gasteiger partial charge in [-0.3, -0.25) is 9.59 Å². The third-order valence-electron chi connectivity index (χ3n) is 2.02. The maximum Gasteiger partial charge on any atom is 0.314 e. The number of rotatable bonds is 1. The minimum absolute atomic E-state index is 0.400. The maximum atomic E-state index is 11.0. The molecule has 0 bridgehead atoms. The largest absolute Gasteiger partial charge is 0.326 e. The van der Waals surface area contributed by atoms with E-state index in [1.165, 1.54) is 0 Å². The number of aromatic nitrogens is 2. The van der Waals surface area contributed by atoms with Crippen LogP contribution in [0.4, 0.5) is 0 Å². The summed E-state index contributed by atoms with van der Waals surface area (Å²) in [5.41, 5.74) is 6.26. The number of H-pyrrole nitrogens is 2. The molecule has 1 aromatic heterocycles. The van der Waals surface area contributed by atoms with Gasteiger partial charge in [-0.05, 0) is 17.7 Å². The van der Waals surface area contributed by atoms with Crippen LogP contribution in [-0.4, -0.2) is 9.97 Å². The molecule has 0 aliphatic heterocycles. The van der Waals surface area contributed by atoms with Gasteiger partial charge < -0.3 is 15.7 Å². The van der Waals surface area contributed by atoms with Gasteiger partial charge in [-0.25, -0.2) is 0 Å². The average Bonchev–Trinajstić information content (AvgIpc) is 2.19. The van der Waals surface area contributed by atoms with Crippen molar-refractivity contribution in [2.75, 3.05) is 0 Å². The molecule has 0 spiro atoms. The Morgan fingerprint density at radius 2 is 1.71 bits per heavy atom. The van der Waals surface area contributed by atoms with Crippen LogP contribution in [0.25, 0.3) is 11.0 Å². The minimum Gasteiger partial charge on any atom is -0.326 e. The van der Waals surface area contributed by atoms with Crippen molar-refractivity contribution in [3.63, 3.8) is 0 Å². The third-order valence-corrected chi connectivity index (χ3v) is 2.02. The second-order valence-electron chi connectivity index (χ2n) is 2.99. The minimum atomic E-state index is -0.647. The van der Waals surface area contributed by atoms with Crippen LogP contribution in [0.15, 0.2) is 27.8 Å². The summed E-state index contributed by atoms with van der Waals surface area (Å²) in [5.74, 6) is 0. The fourth-order valence-electron chi connectivity index (χ4n) is 1.29. The monoisotopic (exact) mass is 191 g/mol. The fraction of sp³-hybridized carbons (Fsp3) is 0.111. The van der Waals surface area contributed by atoms with Crippen molar-refractivity contribution in [3.05, 3.63) is 44.5 Å². The zero-order chi connectivity index (χ0) is 10.1. The third kappa shape index (κ3) is 1.33. The van der Waals surface area contributed by atoms with Crippen LogP contribution in [0.3, 0.4) is 0 Å². The van der Waals surface area contributed by atoms with Gasteiger partial charge in [-0.15, -0.1) is 0 Å². The van der Waals surface area contributed by atoms with Crippen LogP contribution in [0.5, 0.6) is 0 Å². The number of aromatic amines is 2. The first kappa shape index (κ1) is 8.71. The van der Waals surface area contributed by atoms with Crippen LogP contribution < -0.4 is 16.9 Å². The number of fused-ring (bicyclic) bond motifs is 1. The van der Waals surface area contributed by atoms with Crippen molar-refractivity contribution in [2.24, 2.45) is 5.73 Å². The molecule has 0 saturated carbocycles. The molecule has 0 saturated heterocycles. The number of hydrogen-bond donors (Lipinski definition) is 3. The quantitative estimate of drug-likeness (QED) is 0.539. The van der Waals surface area contributed by atoms with Gasteiger partial charge in [0.1, 0.15) is 0 Å². The van der Waals surface area contributed by atoms with E-state index in [9.17, 15) is 9.59 Å². The highest BCUT2D eigenvalue weighted by atomic mass is 16.2. The van der Waals surface area contributed by atoms with E-state index in [2.05, 4.69) is 9.97 Å². The molecule has 5 heteroatoms. The zero-order valence-electron chi connectivity index (χ0n) is 7.33. The number of benzene rings is 1. The first-order valence-electron chi connectivity index (χ1n) is 4.16. The predicted octanol–water partition coefficient (Wildman–Crippen LogP) is -0.325. The molecule has 0 amide bonds. The van der Waals surface area contributed by atoms with Crippen molar-refractivity contribution in [1.29, 1.82) is 0 Å². The van der Waals surface area contributed by atoms with E-state index >= 15 is 0 Å². The number of hydrogen-bond acceptors (Lipinski definition) is 3. The Morgan fingerprint density at radius 3 is 2.36 bits per heavy atom. The standard InChI is InChI=1S/C9H9N3O2/c10-4-5-1-2-6-7(3-5)12-9(14)8(13)11-6/h1-3H,4,10H2,(H,11,13)(H,12,14). The van der Waals surface area contributed by atoms with Gasteiger partial charge in [0, 0.05) is 6.54 Å². The summed E-state index contributed by atoms with van der Waals surface area (Å²) in [4.78, 5) is 26.9. The Morgan fingerprint density at radius 1 is 1.07 bits per heavy atom. The maximum absolute atomic E-state index is 11.0. The average molecular weight is 191 g/mol. The summed E-state index contributed by atoms with van der Waals surface area (Å²) in [6.07, 6.45) is 0. The van der Waals surface area contributed by atoms with E-state index in [-0.39, 0.29) is 0 Å². The lowest BCUT2D eigenvalue weighted by Gasteiger charge is -1.99. The van der Waals surface area contributed by atoms with Gasteiger partial charge in [0.2, 0.25) is 0 Å². The second kappa shape index (κ2) is 3.12. The highest BCUT2D eigenvalue weighted by Crippen LogP contribution is 2.07. The van der Waals surface area contributed by atoms with Gasteiger partial charge in [0.15, 0.2) is 0 Å². The first-order chi connectivity index (χ1) is 6.70. The van der Waals surface area contributed by atoms with Crippen molar-refractivity contribution < 1.29 is 0 Å². The summed E-state index contributed by atoms with van der Waals surface area (Å²) in [6.45, 7) is 0.400. The lowest BCUT2D eigenvalue weighted by Crippen LogP contribution is -2.28. The summed E-state index contributed by atoms with van der Waals surface area (Å²) in [7, 11) is 0. The predicted molar refractivity (Wildman–Crippen MR) is 53.1 cm³/mol. The van der Waals surface area contributed by atoms with E-state index in [1.807, 2.05) is 0 Å². The lowest BCUT2D eigenvalue weighted by atomic mass is 10.2. The Kier molecular flexibility index (Phi) is 1.94. The molecule has 72 valence electrons. The lowest BCUT2D eigenvalue weighted by molar-refractivity contribution is 1.07. The van der Waals surface area contributed by atoms with E-state index < -0.39 is 11.1 Å². The van der Waals surface area contributed by atoms with E-state index in [1.54, 1.807) is 18.2 Å². The van der Waals surface area contributed by atoms with E-state index in [4.69, 9.17) is 5.73 Å². The fourth-order valence-corrected chi connectivity index (χ4v) is 1.29. The highest BCUT2D eigenvalue weighted by molar-refractivity contribution is 5.74. The topological polar surface area (TPSA) is 91.7 Å². The summed E-state index contributed by atoms with van der Waals surface area (Å²) >= 11 is 0. The Hall–Kier alpha value is -1.88. The molecule has 2 aromatic rings. The molecule has 0 atom stereocenters. The summed E-state index contributed by atoms with van der Waals surface area (Å²) < 4.78 is 0. The van der Waals surface area contributed by atoms with E-state index in [0.717, 1.165) is 5.56 Å². The van der Waals surface area contributed by atoms with Crippen molar-refractivity contribution >= 4 is 11.0 Å². The normalized spacial score (nSPS) is 10.6. The number of nitrogens with one attached hydrogen (secondary N) is 2. The Labute approximate surface area is 78.6 Å². The van der Waals surface area contributed by atoms with Gasteiger partial charge in [-0.2, -0.15) is 0 Å². The van der Waals surface area contributed by atoms with Crippen molar-refractivity contribution in [2.45, 2.75) is 6.54 Å². The molecule has 4 N–H and O–H groups in total. The molecular weight excluding hydrogens is 182 g/mol. The van der Waals surface area contributed by atoms with E-state index in [0.29, 0.717) is 17.6 Å². The molecule has 0 aliphatic rings. The molecule has 1 aromatic carbocycles. The SMILES string of the molecule is NCc1ccc2[nH]c(=O)c(=O)[nH]c2c1.